The fourth-order valence-electron chi connectivity index (χ4n) is 1.35. The van der Waals surface area contributed by atoms with Crippen LogP contribution in [0.1, 0.15) is 5.56 Å². The van der Waals surface area contributed by atoms with Gasteiger partial charge in [0.05, 0.1) is 18.2 Å². The molecule has 20 heavy (non-hydrogen) atoms. The molecule has 0 amide bonds. The van der Waals surface area contributed by atoms with Gasteiger partial charge in [-0.15, -0.1) is 0 Å². The van der Waals surface area contributed by atoms with Crippen molar-refractivity contribution < 1.29 is 27.0 Å². The first-order valence-electron chi connectivity index (χ1n) is 5.61. The molecule has 2 N–H and O–H groups in total. The van der Waals surface area contributed by atoms with Gasteiger partial charge >= 0.3 is 0 Å². The average Bonchev–Trinajstić information content (AvgIpc) is 2.38. The summed E-state index contributed by atoms with van der Waals surface area (Å²) in [5.41, 5.74) is 0.392. The van der Waals surface area contributed by atoms with Gasteiger partial charge in [0.15, 0.2) is 0 Å². The predicted molar refractivity (Wildman–Crippen MR) is 69.4 cm³/mol. The van der Waals surface area contributed by atoms with Crippen LogP contribution in [0.15, 0.2) is 23.1 Å². The summed E-state index contributed by atoms with van der Waals surface area (Å²) in [6.07, 6.45) is -2.60. The van der Waals surface area contributed by atoms with E-state index in [0.717, 1.165) is 0 Å². The fraction of sp³-hybridized carbons (Fsp3) is 0.455. The highest BCUT2D eigenvalue weighted by Crippen LogP contribution is 2.22. The van der Waals surface area contributed by atoms with E-state index >= 15 is 0 Å². The summed E-state index contributed by atoms with van der Waals surface area (Å²) in [5, 5.41) is 8.97. The normalized spacial score (nSPS) is 12.1. The molecule has 0 aliphatic carbocycles. The van der Waals surface area contributed by atoms with Crippen LogP contribution in [0.4, 0.5) is 8.78 Å². The lowest BCUT2D eigenvalue weighted by molar-refractivity contribution is 0.0199. The number of alkyl halides is 2. The first kappa shape index (κ1) is 17.3. The molecule has 0 spiro atoms. The van der Waals surface area contributed by atoms with E-state index in [2.05, 4.69) is 9.46 Å². The molecule has 0 atom stereocenters. The molecule has 0 radical (unpaired) electrons. The van der Waals surface area contributed by atoms with Crippen molar-refractivity contribution in [3.8, 4) is 0 Å². The van der Waals surface area contributed by atoms with Gasteiger partial charge in [-0.25, -0.2) is 21.9 Å². The number of benzene rings is 1. The summed E-state index contributed by atoms with van der Waals surface area (Å²) in [4.78, 5) is -0.181. The van der Waals surface area contributed by atoms with Crippen molar-refractivity contribution in [3.63, 3.8) is 0 Å². The van der Waals surface area contributed by atoms with E-state index in [1.165, 1.54) is 18.2 Å². The molecule has 1 aromatic rings. The lowest BCUT2D eigenvalue weighted by Gasteiger charge is -2.10. The second kappa shape index (κ2) is 7.84. The number of halogens is 3. The maximum Gasteiger partial charge on any atom is 0.261 e. The van der Waals surface area contributed by atoms with Crippen LogP contribution in [-0.4, -0.2) is 39.7 Å². The maximum atomic E-state index is 11.9. The molecule has 0 saturated carbocycles. The number of hydrogen-bond acceptors (Lipinski definition) is 4. The molecule has 0 fully saturated rings. The van der Waals surface area contributed by atoms with E-state index in [1.54, 1.807) is 0 Å². The number of rotatable bonds is 8. The molecule has 0 bridgehead atoms. The quantitative estimate of drug-likeness (QED) is 0.707. The zero-order chi connectivity index (χ0) is 15.2. The fourth-order valence-corrected chi connectivity index (χ4v) is 2.91. The molecule has 0 aromatic heterocycles. The highest BCUT2D eigenvalue weighted by atomic mass is 35.5. The Hall–Kier alpha value is -0.800. The third kappa shape index (κ3) is 5.29. The van der Waals surface area contributed by atoms with E-state index in [1.807, 2.05) is 0 Å². The number of nitrogens with one attached hydrogen (secondary N) is 1. The summed E-state index contributed by atoms with van der Waals surface area (Å²) in [7, 11) is -3.88. The Morgan fingerprint density at radius 1 is 1.40 bits per heavy atom. The average molecular weight is 330 g/mol. The van der Waals surface area contributed by atoms with E-state index in [-0.39, 0.29) is 29.7 Å². The minimum Gasteiger partial charge on any atom is -0.392 e. The first-order chi connectivity index (χ1) is 9.36. The monoisotopic (exact) mass is 329 g/mol. The van der Waals surface area contributed by atoms with Crippen LogP contribution in [0.5, 0.6) is 0 Å². The highest BCUT2D eigenvalue weighted by Gasteiger charge is 2.18. The van der Waals surface area contributed by atoms with Gasteiger partial charge in [0.1, 0.15) is 11.5 Å². The summed E-state index contributed by atoms with van der Waals surface area (Å²) < 4.78 is 54.2. The van der Waals surface area contributed by atoms with Crippen molar-refractivity contribution in [2.24, 2.45) is 0 Å². The number of ether oxygens (including phenoxy) is 1. The van der Waals surface area contributed by atoms with Gasteiger partial charge in [0.25, 0.3) is 6.43 Å². The zero-order valence-corrected chi connectivity index (χ0v) is 11.9. The van der Waals surface area contributed by atoms with Crippen LogP contribution in [0.25, 0.3) is 0 Å². The van der Waals surface area contributed by atoms with E-state index in [9.17, 15) is 17.2 Å². The lowest BCUT2D eigenvalue weighted by Crippen LogP contribution is -2.28. The Morgan fingerprint density at radius 2 is 2.10 bits per heavy atom. The lowest BCUT2D eigenvalue weighted by atomic mass is 10.2. The van der Waals surface area contributed by atoms with Gasteiger partial charge in [-0.2, -0.15) is 0 Å². The minimum absolute atomic E-state index is 0.00296. The van der Waals surface area contributed by atoms with Gasteiger partial charge in [-0.05, 0) is 17.7 Å². The van der Waals surface area contributed by atoms with Crippen molar-refractivity contribution in [2.45, 2.75) is 17.9 Å². The van der Waals surface area contributed by atoms with Gasteiger partial charge in [0.2, 0.25) is 10.0 Å². The van der Waals surface area contributed by atoms with Crippen LogP contribution < -0.4 is 4.72 Å². The minimum atomic E-state index is -3.88. The topological polar surface area (TPSA) is 75.6 Å². The van der Waals surface area contributed by atoms with Crippen LogP contribution in [-0.2, 0) is 21.4 Å². The summed E-state index contributed by atoms with van der Waals surface area (Å²) >= 11 is 5.79. The predicted octanol–water partition coefficient (Wildman–Crippen LogP) is 1.39. The largest absolute Gasteiger partial charge is 0.392 e. The van der Waals surface area contributed by atoms with Crippen LogP contribution in [0, 0.1) is 0 Å². The molecule has 0 unspecified atom stereocenters. The summed E-state index contributed by atoms with van der Waals surface area (Å²) in [6.45, 7) is -1.41. The Kier molecular flexibility index (Phi) is 6.77. The van der Waals surface area contributed by atoms with E-state index in [0.29, 0.717) is 5.56 Å². The number of aliphatic hydroxyl groups excluding tert-OH is 1. The molecular weight excluding hydrogens is 316 g/mol. The van der Waals surface area contributed by atoms with Gasteiger partial charge in [-0.3, -0.25) is 0 Å². The molecule has 0 saturated heterocycles. The molecule has 9 heteroatoms. The van der Waals surface area contributed by atoms with E-state index in [4.69, 9.17) is 16.7 Å². The molecule has 5 nitrogen and oxygen atoms in total. The second-order valence-electron chi connectivity index (χ2n) is 3.79. The Bertz CT molecular complexity index is 539. The van der Waals surface area contributed by atoms with Crippen molar-refractivity contribution >= 4 is 21.6 Å². The molecule has 1 aromatic carbocycles. The van der Waals surface area contributed by atoms with Crippen LogP contribution in [0.2, 0.25) is 5.02 Å². The summed E-state index contributed by atoms with van der Waals surface area (Å²) in [5.74, 6) is 0. The van der Waals surface area contributed by atoms with Crippen molar-refractivity contribution in [1.29, 1.82) is 0 Å². The van der Waals surface area contributed by atoms with Crippen molar-refractivity contribution in [1.82, 2.24) is 4.72 Å². The van der Waals surface area contributed by atoms with E-state index < -0.39 is 23.1 Å². The van der Waals surface area contributed by atoms with Gasteiger partial charge in [-0.1, -0.05) is 17.7 Å². The number of hydrogen-bond donors (Lipinski definition) is 2. The third-order valence-electron chi connectivity index (χ3n) is 2.25. The van der Waals surface area contributed by atoms with Gasteiger partial charge in [0, 0.05) is 6.54 Å². The number of sulfonamides is 1. The maximum absolute atomic E-state index is 11.9. The molecule has 0 aliphatic heterocycles. The second-order valence-corrected chi connectivity index (χ2v) is 5.93. The van der Waals surface area contributed by atoms with Crippen molar-refractivity contribution in [2.75, 3.05) is 19.8 Å². The molecular formula is C11H14ClF2NO4S. The third-order valence-corrected chi connectivity index (χ3v) is 4.19. The molecule has 114 valence electrons. The Labute approximate surface area is 120 Å². The Morgan fingerprint density at radius 3 is 2.70 bits per heavy atom. The summed E-state index contributed by atoms with van der Waals surface area (Å²) in [6, 6.07) is 4.09. The van der Waals surface area contributed by atoms with Crippen molar-refractivity contribution in [3.05, 3.63) is 28.8 Å². The Balaban J connectivity index is 2.64. The molecule has 0 heterocycles. The van der Waals surface area contributed by atoms with Crippen LogP contribution >= 0.6 is 11.6 Å². The number of aliphatic hydroxyl groups is 1. The smallest absolute Gasteiger partial charge is 0.261 e. The van der Waals surface area contributed by atoms with Crippen LogP contribution in [0.3, 0.4) is 0 Å². The SMILES string of the molecule is O=S(=O)(NCCOCC(F)F)c1cc(CO)ccc1Cl. The standard InChI is InChI=1S/C11H14ClF2NO4S/c12-9-2-1-8(6-16)5-10(9)20(17,18)15-3-4-19-7-11(13)14/h1-2,5,11,15-16H,3-4,6-7H2. The zero-order valence-electron chi connectivity index (χ0n) is 10.4. The first-order valence-corrected chi connectivity index (χ1v) is 7.48. The highest BCUT2D eigenvalue weighted by molar-refractivity contribution is 7.89. The molecule has 0 aliphatic rings. The van der Waals surface area contributed by atoms with Gasteiger partial charge < -0.3 is 9.84 Å². The molecule has 1 rings (SSSR count).